The van der Waals surface area contributed by atoms with Gasteiger partial charge in [-0.15, -0.1) is 0 Å². The monoisotopic (exact) mass is 291 g/mol. The molecular weight excluding hydrogens is 276 g/mol. The lowest BCUT2D eigenvalue weighted by Gasteiger charge is -2.28. The average molecular weight is 291 g/mol. The van der Waals surface area contributed by atoms with Crippen molar-refractivity contribution in [2.24, 2.45) is 7.05 Å². The summed E-state index contributed by atoms with van der Waals surface area (Å²) in [6, 6.07) is 7.88. The molecule has 0 aliphatic carbocycles. The van der Waals surface area contributed by atoms with Gasteiger partial charge in [-0.1, -0.05) is 24.3 Å². The van der Waals surface area contributed by atoms with Crippen LogP contribution in [0.1, 0.15) is 33.6 Å². The number of halogens is 2. The zero-order valence-electron chi connectivity index (χ0n) is 11.6. The predicted molar refractivity (Wildman–Crippen MR) is 73.1 cm³/mol. The summed E-state index contributed by atoms with van der Waals surface area (Å²) in [6.07, 6.45) is -0.640. The van der Waals surface area contributed by atoms with E-state index < -0.39 is 12.1 Å². The van der Waals surface area contributed by atoms with Crippen LogP contribution >= 0.6 is 0 Å². The first-order valence-electron chi connectivity index (χ1n) is 6.74. The molecule has 0 saturated carbocycles. The quantitative estimate of drug-likeness (QED) is 0.853. The maximum Gasteiger partial charge on any atom is 0.282 e. The molecule has 0 spiro atoms. The lowest BCUT2D eigenvalue weighted by atomic mass is 9.99. The molecule has 2 aromatic rings. The molecule has 1 aromatic heterocycles. The molecule has 21 heavy (non-hydrogen) atoms. The van der Waals surface area contributed by atoms with E-state index in [2.05, 4.69) is 5.10 Å². The first kappa shape index (κ1) is 13.7. The van der Waals surface area contributed by atoms with Gasteiger partial charge in [0, 0.05) is 26.3 Å². The number of benzene rings is 1. The number of amides is 1. The SMILES string of the molecule is Cn1cc(C(=O)N2CCc3ccccc3C2)c(C(F)F)n1. The number of hydrogen-bond donors (Lipinski definition) is 0. The van der Waals surface area contributed by atoms with Gasteiger partial charge in [0.05, 0.1) is 5.56 Å². The van der Waals surface area contributed by atoms with Gasteiger partial charge in [-0.3, -0.25) is 9.48 Å². The molecule has 4 nitrogen and oxygen atoms in total. The van der Waals surface area contributed by atoms with E-state index in [-0.39, 0.29) is 11.5 Å². The lowest BCUT2D eigenvalue weighted by molar-refractivity contribution is 0.0722. The van der Waals surface area contributed by atoms with Crippen LogP contribution in [0, 0.1) is 0 Å². The third-order valence-electron chi connectivity index (χ3n) is 3.71. The Morgan fingerprint density at radius 1 is 1.29 bits per heavy atom. The Labute approximate surface area is 121 Å². The van der Waals surface area contributed by atoms with Crippen LogP contribution in [0.2, 0.25) is 0 Å². The maximum atomic E-state index is 13.0. The molecule has 6 heteroatoms. The second-order valence-electron chi connectivity index (χ2n) is 5.15. The van der Waals surface area contributed by atoms with Crippen molar-refractivity contribution < 1.29 is 13.6 Å². The molecule has 0 radical (unpaired) electrons. The first-order chi connectivity index (χ1) is 10.1. The van der Waals surface area contributed by atoms with E-state index in [1.165, 1.54) is 23.5 Å². The Balaban J connectivity index is 1.87. The molecule has 1 aliphatic rings. The van der Waals surface area contributed by atoms with E-state index >= 15 is 0 Å². The van der Waals surface area contributed by atoms with Crippen LogP contribution in [0.15, 0.2) is 30.5 Å². The van der Waals surface area contributed by atoms with Crippen LogP contribution in [0.5, 0.6) is 0 Å². The van der Waals surface area contributed by atoms with Crippen LogP contribution in [-0.2, 0) is 20.0 Å². The summed E-state index contributed by atoms with van der Waals surface area (Å²) >= 11 is 0. The molecule has 0 saturated heterocycles. The molecular formula is C15H15F2N3O. The van der Waals surface area contributed by atoms with E-state index in [4.69, 9.17) is 0 Å². The second-order valence-corrected chi connectivity index (χ2v) is 5.15. The largest absolute Gasteiger partial charge is 0.334 e. The lowest BCUT2D eigenvalue weighted by Crippen LogP contribution is -2.36. The third-order valence-corrected chi connectivity index (χ3v) is 3.71. The van der Waals surface area contributed by atoms with Gasteiger partial charge in [0.15, 0.2) is 0 Å². The molecule has 110 valence electrons. The number of fused-ring (bicyclic) bond motifs is 1. The summed E-state index contributed by atoms with van der Waals surface area (Å²) < 4.78 is 27.2. The number of alkyl halides is 2. The van der Waals surface area contributed by atoms with Gasteiger partial charge in [-0.25, -0.2) is 8.78 Å². The van der Waals surface area contributed by atoms with Crippen LogP contribution in [-0.4, -0.2) is 27.1 Å². The predicted octanol–water partition coefficient (Wildman–Crippen LogP) is 2.56. The number of rotatable bonds is 2. The number of carbonyl (C=O) groups is 1. The molecule has 1 amide bonds. The topological polar surface area (TPSA) is 38.1 Å². The minimum Gasteiger partial charge on any atom is -0.334 e. The third kappa shape index (κ3) is 2.53. The second kappa shape index (κ2) is 5.27. The Morgan fingerprint density at radius 3 is 2.71 bits per heavy atom. The molecule has 0 N–H and O–H groups in total. The summed E-state index contributed by atoms with van der Waals surface area (Å²) in [7, 11) is 1.54. The van der Waals surface area contributed by atoms with Crippen molar-refractivity contribution in [2.75, 3.05) is 6.54 Å². The van der Waals surface area contributed by atoms with Gasteiger partial charge >= 0.3 is 0 Å². The molecule has 3 rings (SSSR count). The number of carbonyl (C=O) groups excluding carboxylic acids is 1. The van der Waals surface area contributed by atoms with E-state index in [0.29, 0.717) is 13.1 Å². The Hall–Kier alpha value is -2.24. The minimum absolute atomic E-state index is 0.00752. The molecule has 0 bridgehead atoms. The number of nitrogens with zero attached hydrogens (tertiary/aromatic N) is 3. The highest BCUT2D eigenvalue weighted by Crippen LogP contribution is 2.25. The summed E-state index contributed by atoms with van der Waals surface area (Å²) in [5.41, 5.74) is 1.83. The fraction of sp³-hybridized carbons (Fsp3) is 0.333. The van der Waals surface area contributed by atoms with Crippen molar-refractivity contribution in [3.63, 3.8) is 0 Å². The summed E-state index contributed by atoms with van der Waals surface area (Å²) in [6.45, 7) is 0.986. The van der Waals surface area contributed by atoms with Crippen molar-refractivity contribution in [2.45, 2.75) is 19.4 Å². The zero-order valence-corrected chi connectivity index (χ0v) is 11.6. The van der Waals surface area contributed by atoms with Gasteiger partial charge in [-0.05, 0) is 17.5 Å². The average Bonchev–Trinajstić information content (AvgIpc) is 2.88. The van der Waals surface area contributed by atoms with E-state index in [0.717, 1.165) is 12.0 Å². The van der Waals surface area contributed by atoms with Crippen LogP contribution in [0.3, 0.4) is 0 Å². The molecule has 1 aromatic carbocycles. The first-order valence-corrected chi connectivity index (χ1v) is 6.74. The number of aryl methyl sites for hydroxylation is 1. The van der Waals surface area contributed by atoms with Gasteiger partial charge in [0.1, 0.15) is 5.69 Å². The smallest absolute Gasteiger partial charge is 0.282 e. The standard InChI is InChI=1S/C15H15F2N3O/c1-19-9-12(13(18-19)14(16)17)15(21)20-7-6-10-4-2-3-5-11(10)8-20/h2-5,9,14H,6-8H2,1H3. The van der Waals surface area contributed by atoms with Gasteiger partial charge < -0.3 is 4.90 Å². The number of aromatic nitrogens is 2. The normalized spacial score (nSPS) is 14.4. The van der Waals surface area contributed by atoms with Crippen molar-refractivity contribution in [3.8, 4) is 0 Å². The zero-order chi connectivity index (χ0) is 15.0. The number of hydrogen-bond acceptors (Lipinski definition) is 2. The summed E-state index contributed by atoms with van der Waals surface area (Å²) in [5, 5.41) is 3.69. The minimum atomic E-state index is -2.75. The van der Waals surface area contributed by atoms with Crippen molar-refractivity contribution in [1.29, 1.82) is 0 Å². The fourth-order valence-corrected chi connectivity index (χ4v) is 2.67. The molecule has 2 heterocycles. The highest BCUT2D eigenvalue weighted by Gasteiger charge is 2.28. The van der Waals surface area contributed by atoms with E-state index in [9.17, 15) is 13.6 Å². The summed E-state index contributed by atoms with van der Waals surface area (Å²) in [5.74, 6) is -0.382. The highest BCUT2D eigenvalue weighted by molar-refractivity contribution is 5.95. The van der Waals surface area contributed by atoms with Crippen LogP contribution in [0.25, 0.3) is 0 Å². The van der Waals surface area contributed by atoms with Crippen molar-refractivity contribution in [1.82, 2.24) is 14.7 Å². The van der Waals surface area contributed by atoms with Gasteiger partial charge in [0.2, 0.25) is 0 Å². The van der Waals surface area contributed by atoms with Crippen molar-refractivity contribution >= 4 is 5.91 Å². The molecule has 1 aliphatic heterocycles. The molecule has 0 fully saturated rings. The van der Waals surface area contributed by atoms with E-state index in [1.54, 1.807) is 4.90 Å². The van der Waals surface area contributed by atoms with Crippen LogP contribution < -0.4 is 0 Å². The maximum absolute atomic E-state index is 13.0. The highest BCUT2D eigenvalue weighted by atomic mass is 19.3. The Morgan fingerprint density at radius 2 is 2.00 bits per heavy atom. The fourth-order valence-electron chi connectivity index (χ4n) is 2.67. The van der Waals surface area contributed by atoms with Gasteiger partial charge in [-0.2, -0.15) is 5.10 Å². The van der Waals surface area contributed by atoms with Crippen LogP contribution in [0.4, 0.5) is 8.78 Å². The molecule has 0 atom stereocenters. The van der Waals surface area contributed by atoms with E-state index in [1.807, 2.05) is 24.3 Å². The Kier molecular flexibility index (Phi) is 3.45. The summed E-state index contributed by atoms with van der Waals surface area (Å²) in [4.78, 5) is 14.1. The van der Waals surface area contributed by atoms with Gasteiger partial charge in [0.25, 0.3) is 12.3 Å². The molecule has 0 unspecified atom stereocenters. The Bertz CT molecular complexity index is 681. The van der Waals surface area contributed by atoms with Crippen molar-refractivity contribution in [3.05, 3.63) is 52.8 Å².